The second-order valence-corrected chi connectivity index (χ2v) is 13.4. The van der Waals surface area contributed by atoms with Crippen molar-refractivity contribution in [2.45, 2.75) is 82.3 Å². The van der Waals surface area contributed by atoms with E-state index >= 15 is 0 Å². The van der Waals surface area contributed by atoms with Crippen LogP contribution in [0.15, 0.2) is 83.8 Å². The normalized spacial score (nSPS) is 14.5. The minimum atomic E-state index is -4.11. The standard InChI is InChI=1S/C33H40ClN3O4S/c1-4-31(33(39)35-27-13-9-10-14-27)36(22-26-12-8-11-17-30(26)34)32(38)23-37(28-20-18-25(19-21-28)24(2)3)42(40,41)29-15-6-5-7-16-29/h5-8,11-12,15-21,24,27,31H,4,9-10,13-14,22-23H2,1-3H3,(H,35,39)/t31-/m0/s1. The molecule has 1 saturated carbocycles. The molecule has 1 atom stereocenters. The molecule has 7 nitrogen and oxygen atoms in total. The molecular weight excluding hydrogens is 570 g/mol. The predicted molar refractivity (Wildman–Crippen MR) is 168 cm³/mol. The zero-order chi connectivity index (χ0) is 30.3. The summed E-state index contributed by atoms with van der Waals surface area (Å²) in [7, 11) is -4.11. The van der Waals surface area contributed by atoms with Crippen LogP contribution in [0.4, 0.5) is 5.69 Å². The van der Waals surface area contributed by atoms with Crippen LogP contribution >= 0.6 is 11.6 Å². The summed E-state index contributed by atoms with van der Waals surface area (Å²) in [5.74, 6) is -0.464. The van der Waals surface area contributed by atoms with Gasteiger partial charge in [0.25, 0.3) is 10.0 Å². The fourth-order valence-electron chi connectivity index (χ4n) is 5.37. The number of carbonyl (C=O) groups is 2. The molecule has 1 aliphatic rings. The summed E-state index contributed by atoms with van der Waals surface area (Å²) in [6.45, 7) is 5.57. The van der Waals surface area contributed by atoms with Crippen LogP contribution in [0.25, 0.3) is 0 Å². The highest BCUT2D eigenvalue weighted by molar-refractivity contribution is 7.92. The first-order valence-electron chi connectivity index (χ1n) is 14.6. The van der Waals surface area contributed by atoms with Gasteiger partial charge in [-0.15, -0.1) is 0 Å². The monoisotopic (exact) mass is 609 g/mol. The van der Waals surface area contributed by atoms with Crippen LogP contribution in [-0.4, -0.2) is 43.8 Å². The fourth-order valence-corrected chi connectivity index (χ4v) is 7.00. The Morgan fingerprint density at radius 3 is 2.14 bits per heavy atom. The smallest absolute Gasteiger partial charge is 0.264 e. The Morgan fingerprint density at radius 1 is 0.929 bits per heavy atom. The van der Waals surface area contributed by atoms with Gasteiger partial charge < -0.3 is 10.2 Å². The van der Waals surface area contributed by atoms with E-state index in [9.17, 15) is 18.0 Å². The Bertz CT molecular complexity index is 1460. The first kappa shape index (κ1) is 31.6. The molecule has 224 valence electrons. The number of nitrogens with zero attached hydrogens (tertiary/aromatic N) is 2. The van der Waals surface area contributed by atoms with Crippen LogP contribution in [-0.2, 0) is 26.2 Å². The lowest BCUT2D eigenvalue weighted by Gasteiger charge is -2.34. The SMILES string of the molecule is CC[C@@H](C(=O)NC1CCCC1)N(Cc1ccccc1Cl)C(=O)CN(c1ccc(C(C)C)cc1)S(=O)(=O)c1ccccc1. The van der Waals surface area contributed by atoms with Crippen LogP contribution in [0.1, 0.15) is 69.9 Å². The maximum absolute atomic E-state index is 14.2. The number of nitrogens with one attached hydrogen (secondary N) is 1. The second-order valence-electron chi connectivity index (χ2n) is 11.1. The number of halogens is 1. The van der Waals surface area contributed by atoms with Crippen molar-refractivity contribution in [3.8, 4) is 0 Å². The topological polar surface area (TPSA) is 86.8 Å². The lowest BCUT2D eigenvalue weighted by atomic mass is 10.0. The summed E-state index contributed by atoms with van der Waals surface area (Å²) in [6.07, 6.45) is 4.31. The molecular formula is C33H40ClN3O4S. The Hall–Kier alpha value is -3.36. The molecule has 3 aromatic carbocycles. The van der Waals surface area contributed by atoms with Crippen LogP contribution in [0.2, 0.25) is 5.02 Å². The zero-order valence-electron chi connectivity index (χ0n) is 24.5. The molecule has 2 amide bonds. The number of amides is 2. The lowest BCUT2D eigenvalue weighted by molar-refractivity contribution is -0.140. The number of hydrogen-bond acceptors (Lipinski definition) is 4. The number of carbonyl (C=O) groups excluding carboxylic acids is 2. The average Bonchev–Trinajstić information content (AvgIpc) is 3.50. The van der Waals surface area contributed by atoms with E-state index in [4.69, 9.17) is 11.6 Å². The molecule has 0 spiro atoms. The third-order valence-electron chi connectivity index (χ3n) is 7.84. The maximum Gasteiger partial charge on any atom is 0.264 e. The van der Waals surface area contributed by atoms with Gasteiger partial charge in [-0.1, -0.05) is 93.7 Å². The van der Waals surface area contributed by atoms with Crippen molar-refractivity contribution in [1.82, 2.24) is 10.2 Å². The molecule has 0 unspecified atom stereocenters. The van der Waals surface area contributed by atoms with Gasteiger partial charge >= 0.3 is 0 Å². The highest BCUT2D eigenvalue weighted by Gasteiger charge is 2.34. The first-order chi connectivity index (χ1) is 20.1. The van der Waals surface area contributed by atoms with Gasteiger partial charge in [-0.2, -0.15) is 0 Å². The third kappa shape index (κ3) is 7.53. The minimum Gasteiger partial charge on any atom is -0.352 e. The number of hydrogen-bond donors (Lipinski definition) is 1. The van der Waals surface area contributed by atoms with Gasteiger partial charge in [0, 0.05) is 17.6 Å². The fraction of sp³-hybridized carbons (Fsp3) is 0.394. The maximum atomic E-state index is 14.2. The molecule has 1 aliphatic carbocycles. The molecule has 1 fully saturated rings. The molecule has 9 heteroatoms. The highest BCUT2D eigenvalue weighted by Crippen LogP contribution is 2.27. The molecule has 0 saturated heterocycles. The van der Waals surface area contributed by atoms with Crippen LogP contribution < -0.4 is 9.62 Å². The van der Waals surface area contributed by atoms with E-state index in [0.717, 1.165) is 35.6 Å². The van der Waals surface area contributed by atoms with E-state index < -0.39 is 28.5 Å². The molecule has 0 bridgehead atoms. The van der Waals surface area contributed by atoms with E-state index in [1.807, 2.05) is 31.2 Å². The van der Waals surface area contributed by atoms with Crippen molar-refractivity contribution in [3.05, 3.63) is 95.0 Å². The van der Waals surface area contributed by atoms with Crippen molar-refractivity contribution >= 4 is 39.1 Å². The van der Waals surface area contributed by atoms with Crippen LogP contribution in [0, 0.1) is 0 Å². The Labute approximate surface area is 254 Å². The van der Waals surface area contributed by atoms with Crippen molar-refractivity contribution < 1.29 is 18.0 Å². The number of benzene rings is 3. The highest BCUT2D eigenvalue weighted by atomic mass is 35.5. The Balaban J connectivity index is 1.72. The molecule has 3 aromatic rings. The summed E-state index contributed by atoms with van der Waals surface area (Å²) in [5, 5.41) is 3.60. The van der Waals surface area contributed by atoms with Crippen molar-refractivity contribution in [2.24, 2.45) is 0 Å². The van der Waals surface area contributed by atoms with Crippen molar-refractivity contribution in [1.29, 1.82) is 0 Å². The van der Waals surface area contributed by atoms with Gasteiger partial charge in [0.2, 0.25) is 11.8 Å². The summed E-state index contributed by atoms with van der Waals surface area (Å²) in [6, 6.07) is 21.8. The van der Waals surface area contributed by atoms with E-state index in [1.54, 1.807) is 42.5 Å². The van der Waals surface area contributed by atoms with Crippen molar-refractivity contribution in [2.75, 3.05) is 10.8 Å². The summed E-state index contributed by atoms with van der Waals surface area (Å²) >= 11 is 6.49. The minimum absolute atomic E-state index is 0.0701. The zero-order valence-corrected chi connectivity index (χ0v) is 26.1. The number of rotatable bonds is 12. The van der Waals surface area contributed by atoms with Gasteiger partial charge in [0.05, 0.1) is 10.6 Å². The van der Waals surface area contributed by atoms with E-state index in [-0.39, 0.29) is 29.3 Å². The first-order valence-corrected chi connectivity index (χ1v) is 16.4. The van der Waals surface area contributed by atoms with Gasteiger partial charge in [-0.05, 0) is 66.6 Å². The van der Waals surface area contributed by atoms with Crippen LogP contribution in [0.5, 0.6) is 0 Å². The quantitative estimate of drug-likeness (QED) is 0.253. The molecule has 4 rings (SSSR count). The van der Waals surface area contributed by atoms with Gasteiger partial charge in [-0.3, -0.25) is 13.9 Å². The van der Waals surface area contributed by atoms with Gasteiger partial charge in [0.1, 0.15) is 12.6 Å². The van der Waals surface area contributed by atoms with Gasteiger partial charge in [-0.25, -0.2) is 8.42 Å². The Kier molecular flexibility index (Phi) is 10.7. The number of sulfonamides is 1. The summed E-state index contributed by atoms with van der Waals surface area (Å²) in [4.78, 5) is 29.3. The van der Waals surface area contributed by atoms with Gasteiger partial charge in [0.15, 0.2) is 0 Å². The summed E-state index contributed by atoms with van der Waals surface area (Å²) < 4.78 is 29.1. The lowest BCUT2D eigenvalue weighted by Crippen LogP contribution is -2.53. The number of anilines is 1. The molecule has 1 N–H and O–H groups in total. The summed E-state index contributed by atoms with van der Waals surface area (Å²) in [5.41, 5.74) is 2.10. The van der Waals surface area contributed by atoms with E-state index in [1.165, 1.54) is 17.0 Å². The third-order valence-corrected chi connectivity index (χ3v) is 10.0. The molecule has 0 radical (unpaired) electrons. The largest absolute Gasteiger partial charge is 0.352 e. The molecule has 0 heterocycles. The average molecular weight is 610 g/mol. The molecule has 42 heavy (non-hydrogen) atoms. The van der Waals surface area contributed by atoms with E-state index in [2.05, 4.69) is 19.2 Å². The predicted octanol–water partition coefficient (Wildman–Crippen LogP) is 6.52. The Morgan fingerprint density at radius 2 is 1.55 bits per heavy atom. The van der Waals surface area contributed by atoms with E-state index in [0.29, 0.717) is 22.7 Å². The second kappa shape index (κ2) is 14.2. The molecule has 0 aromatic heterocycles. The van der Waals surface area contributed by atoms with Crippen molar-refractivity contribution in [3.63, 3.8) is 0 Å². The van der Waals surface area contributed by atoms with Crippen LogP contribution in [0.3, 0.4) is 0 Å². The molecule has 0 aliphatic heterocycles.